The lowest BCUT2D eigenvalue weighted by Gasteiger charge is -2.10. The fourth-order valence-electron chi connectivity index (χ4n) is 0.730. The number of amides is 1. The average Bonchev–Trinajstić information content (AvgIpc) is 2.09. The van der Waals surface area contributed by atoms with Crippen molar-refractivity contribution < 1.29 is 28.2 Å². The predicted molar refractivity (Wildman–Crippen MR) is 51.0 cm³/mol. The van der Waals surface area contributed by atoms with Crippen LogP contribution in [0.25, 0.3) is 0 Å². The van der Waals surface area contributed by atoms with E-state index in [1.54, 1.807) is 0 Å². The third-order valence-electron chi connectivity index (χ3n) is 1.52. The van der Waals surface area contributed by atoms with Crippen molar-refractivity contribution in [3.05, 3.63) is 0 Å². The minimum atomic E-state index is -3.25. The quantitative estimate of drug-likeness (QED) is 0.492. The monoisotopic (exact) mass is 239 g/mol. The van der Waals surface area contributed by atoms with E-state index in [9.17, 15) is 18.0 Å². The average molecular weight is 239 g/mol. The SMILES string of the molecule is CS(=O)(=O)CCC(=O)N[C@H](CO)C(=O)O. The van der Waals surface area contributed by atoms with Gasteiger partial charge in [0.05, 0.1) is 12.4 Å². The number of aliphatic hydroxyl groups is 1. The van der Waals surface area contributed by atoms with E-state index in [0.29, 0.717) is 0 Å². The van der Waals surface area contributed by atoms with Crippen LogP contribution in [0, 0.1) is 0 Å². The molecule has 1 atom stereocenters. The number of carboxylic acids is 1. The first-order valence-corrected chi connectivity index (χ1v) is 6.13. The molecular formula is C7H13NO6S. The van der Waals surface area contributed by atoms with Gasteiger partial charge in [0, 0.05) is 12.7 Å². The van der Waals surface area contributed by atoms with Crippen LogP contribution in [-0.4, -0.2) is 55.2 Å². The fourth-order valence-corrected chi connectivity index (χ4v) is 1.29. The highest BCUT2D eigenvalue weighted by Gasteiger charge is 2.19. The van der Waals surface area contributed by atoms with Gasteiger partial charge in [0.25, 0.3) is 0 Å². The highest BCUT2D eigenvalue weighted by molar-refractivity contribution is 7.90. The molecule has 0 aromatic rings. The molecule has 0 aliphatic rings. The standard InChI is InChI=1S/C7H13NO6S/c1-15(13,14)3-2-6(10)8-5(4-9)7(11)12/h5,9H,2-4H2,1H3,(H,8,10)(H,11,12)/t5-/m1/s1. The number of aliphatic hydroxyl groups excluding tert-OH is 1. The summed E-state index contributed by atoms with van der Waals surface area (Å²) < 4.78 is 21.4. The van der Waals surface area contributed by atoms with Crippen molar-refractivity contribution in [1.82, 2.24) is 5.32 Å². The van der Waals surface area contributed by atoms with Crippen molar-refractivity contribution in [2.24, 2.45) is 0 Å². The lowest BCUT2D eigenvalue weighted by molar-refractivity contribution is -0.142. The number of hydrogen-bond donors (Lipinski definition) is 3. The number of hydrogen-bond acceptors (Lipinski definition) is 5. The summed E-state index contributed by atoms with van der Waals surface area (Å²) in [6.45, 7) is -0.736. The number of carbonyl (C=O) groups excluding carboxylic acids is 1. The zero-order valence-corrected chi connectivity index (χ0v) is 8.95. The second-order valence-electron chi connectivity index (χ2n) is 3.02. The van der Waals surface area contributed by atoms with E-state index in [1.165, 1.54) is 0 Å². The van der Waals surface area contributed by atoms with Crippen molar-refractivity contribution in [2.75, 3.05) is 18.6 Å². The van der Waals surface area contributed by atoms with E-state index in [1.807, 2.05) is 5.32 Å². The number of aliphatic carboxylic acids is 1. The first-order valence-electron chi connectivity index (χ1n) is 4.07. The third kappa shape index (κ3) is 6.86. The summed E-state index contributed by atoms with van der Waals surface area (Å²) in [4.78, 5) is 21.4. The largest absolute Gasteiger partial charge is 0.480 e. The van der Waals surface area contributed by atoms with Gasteiger partial charge >= 0.3 is 5.97 Å². The second kappa shape index (κ2) is 5.66. The van der Waals surface area contributed by atoms with Gasteiger partial charge in [0.2, 0.25) is 5.91 Å². The summed E-state index contributed by atoms with van der Waals surface area (Å²) in [5, 5.41) is 19.0. The second-order valence-corrected chi connectivity index (χ2v) is 5.28. The van der Waals surface area contributed by atoms with Gasteiger partial charge in [-0.2, -0.15) is 0 Å². The molecule has 0 aromatic carbocycles. The molecule has 0 aliphatic carbocycles. The predicted octanol–water partition coefficient (Wildman–Crippen LogP) is -2.02. The molecule has 7 nitrogen and oxygen atoms in total. The van der Waals surface area contributed by atoms with Gasteiger partial charge in [-0.3, -0.25) is 4.79 Å². The maximum atomic E-state index is 11.0. The van der Waals surface area contributed by atoms with Crippen LogP contribution in [0.4, 0.5) is 0 Å². The Kier molecular flexibility index (Phi) is 5.23. The first kappa shape index (κ1) is 13.8. The summed E-state index contributed by atoms with van der Waals surface area (Å²) in [5.41, 5.74) is 0. The molecule has 88 valence electrons. The van der Waals surface area contributed by atoms with E-state index in [0.717, 1.165) is 6.26 Å². The highest BCUT2D eigenvalue weighted by atomic mass is 32.2. The Balaban J connectivity index is 4.09. The summed E-state index contributed by atoms with van der Waals surface area (Å²) >= 11 is 0. The molecule has 0 aromatic heterocycles. The molecule has 0 unspecified atom stereocenters. The van der Waals surface area contributed by atoms with E-state index in [4.69, 9.17) is 10.2 Å². The summed E-state index contributed by atoms with van der Waals surface area (Å²) in [5.74, 6) is -2.44. The molecule has 0 saturated carbocycles. The molecule has 0 saturated heterocycles. The number of rotatable bonds is 6. The molecule has 3 N–H and O–H groups in total. The summed E-state index contributed by atoms with van der Waals surface area (Å²) in [6.07, 6.45) is 0.656. The fraction of sp³-hybridized carbons (Fsp3) is 0.714. The zero-order chi connectivity index (χ0) is 12.1. The number of carbonyl (C=O) groups is 2. The lowest BCUT2D eigenvalue weighted by Crippen LogP contribution is -2.43. The van der Waals surface area contributed by atoms with E-state index < -0.39 is 34.4 Å². The smallest absolute Gasteiger partial charge is 0.328 e. The molecule has 1 amide bonds. The molecule has 15 heavy (non-hydrogen) atoms. The van der Waals surface area contributed by atoms with Crippen molar-refractivity contribution in [2.45, 2.75) is 12.5 Å². The Hall–Kier alpha value is -1.15. The van der Waals surface area contributed by atoms with Crippen LogP contribution in [0.3, 0.4) is 0 Å². The van der Waals surface area contributed by atoms with Crippen LogP contribution in [0.15, 0.2) is 0 Å². The van der Waals surface area contributed by atoms with Gasteiger partial charge in [-0.1, -0.05) is 0 Å². The Labute approximate surface area is 87.0 Å². The molecule has 0 bridgehead atoms. The van der Waals surface area contributed by atoms with Crippen molar-refractivity contribution in [3.8, 4) is 0 Å². The van der Waals surface area contributed by atoms with Crippen LogP contribution in [-0.2, 0) is 19.4 Å². The van der Waals surface area contributed by atoms with Crippen molar-refractivity contribution in [1.29, 1.82) is 0 Å². The van der Waals surface area contributed by atoms with Crippen LogP contribution in [0.5, 0.6) is 0 Å². The van der Waals surface area contributed by atoms with Gasteiger partial charge in [-0.25, -0.2) is 13.2 Å². The Morgan fingerprint density at radius 1 is 1.40 bits per heavy atom. The van der Waals surface area contributed by atoms with Crippen LogP contribution in [0.2, 0.25) is 0 Å². The Morgan fingerprint density at radius 3 is 2.27 bits per heavy atom. The van der Waals surface area contributed by atoms with Crippen LogP contribution in [0.1, 0.15) is 6.42 Å². The Bertz CT molecular complexity index is 335. The summed E-state index contributed by atoms with van der Waals surface area (Å²) in [7, 11) is -3.25. The number of carboxylic acid groups (broad SMARTS) is 1. The van der Waals surface area contributed by atoms with Crippen LogP contribution < -0.4 is 5.32 Å². The maximum absolute atomic E-state index is 11.0. The maximum Gasteiger partial charge on any atom is 0.328 e. The molecule has 8 heteroatoms. The van der Waals surface area contributed by atoms with E-state index >= 15 is 0 Å². The van der Waals surface area contributed by atoms with Crippen molar-refractivity contribution in [3.63, 3.8) is 0 Å². The molecule has 0 rings (SSSR count). The summed E-state index contributed by atoms with van der Waals surface area (Å²) in [6, 6.07) is -1.39. The molecular weight excluding hydrogens is 226 g/mol. The lowest BCUT2D eigenvalue weighted by atomic mass is 10.3. The minimum Gasteiger partial charge on any atom is -0.480 e. The topological polar surface area (TPSA) is 121 Å². The third-order valence-corrected chi connectivity index (χ3v) is 2.46. The van der Waals surface area contributed by atoms with E-state index in [2.05, 4.69) is 0 Å². The molecule has 0 aliphatic heterocycles. The van der Waals surface area contributed by atoms with Gasteiger partial charge in [-0.15, -0.1) is 0 Å². The molecule has 0 radical (unpaired) electrons. The van der Waals surface area contributed by atoms with Gasteiger partial charge in [0.1, 0.15) is 15.9 Å². The normalized spacial score (nSPS) is 13.2. The highest BCUT2D eigenvalue weighted by Crippen LogP contribution is 1.91. The molecule has 0 spiro atoms. The van der Waals surface area contributed by atoms with Gasteiger partial charge in [0.15, 0.2) is 0 Å². The van der Waals surface area contributed by atoms with Crippen molar-refractivity contribution >= 4 is 21.7 Å². The molecule has 0 fully saturated rings. The van der Waals surface area contributed by atoms with Gasteiger partial charge in [-0.05, 0) is 0 Å². The number of nitrogens with one attached hydrogen (secondary N) is 1. The van der Waals surface area contributed by atoms with E-state index in [-0.39, 0.29) is 12.2 Å². The molecule has 0 heterocycles. The first-order chi connectivity index (χ1) is 6.76. The Morgan fingerprint density at radius 2 is 1.93 bits per heavy atom. The van der Waals surface area contributed by atoms with Gasteiger partial charge < -0.3 is 15.5 Å². The minimum absolute atomic E-state index is 0.317. The number of sulfone groups is 1. The zero-order valence-electron chi connectivity index (χ0n) is 8.13. The van der Waals surface area contributed by atoms with Crippen LogP contribution >= 0.6 is 0 Å².